The van der Waals surface area contributed by atoms with Crippen LogP contribution in [0.5, 0.6) is 5.75 Å². The van der Waals surface area contributed by atoms with E-state index in [1.54, 1.807) is 12.1 Å². The van der Waals surface area contributed by atoms with Crippen molar-refractivity contribution in [3.8, 4) is 16.9 Å². The third kappa shape index (κ3) is 5.45. The highest BCUT2D eigenvalue weighted by Gasteiger charge is 2.40. The summed E-state index contributed by atoms with van der Waals surface area (Å²) in [6.45, 7) is 0.0931. The van der Waals surface area contributed by atoms with Crippen LogP contribution in [0, 0.1) is 0 Å². The van der Waals surface area contributed by atoms with Gasteiger partial charge < -0.3 is 24.8 Å². The van der Waals surface area contributed by atoms with Crippen molar-refractivity contribution in [2.75, 3.05) is 50.6 Å². The summed E-state index contributed by atoms with van der Waals surface area (Å²) in [5, 5.41) is 2.75. The molecule has 5 rings (SSSR count). The third-order valence-electron chi connectivity index (χ3n) is 7.02. The van der Waals surface area contributed by atoms with Gasteiger partial charge in [0.15, 0.2) is 6.61 Å². The van der Waals surface area contributed by atoms with Crippen molar-refractivity contribution in [1.82, 2.24) is 9.80 Å². The maximum atomic E-state index is 13.5. The van der Waals surface area contributed by atoms with Gasteiger partial charge in [-0.25, -0.2) is 0 Å². The van der Waals surface area contributed by atoms with Crippen LogP contribution in [0.15, 0.2) is 66.7 Å². The number of halogens is 3. The van der Waals surface area contributed by atoms with Gasteiger partial charge in [0, 0.05) is 38.9 Å². The number of ether oxygens (including phenoxy) is 1. The zero-order valence-electron chi connectivity index (χ0n) is 21.9. The molecule has 208 valence electrons. The number of amides is 3. The first kappa shape index (κ1) is 27.0. The van der Waals surface area contributed by atoms with Crippen LogP contribution in [-0.2, 0) is 15.8 Å². The first-order chi connectivity index (χ1) is 19.0. The molecule has 1 unspecified atom stereocenters. The van der Waals surface area contributed by atoms with Gasteiger partial charge in [-0.3, -0.25) is 14.4 Å². The Balaban J connectivity index is 1.31. The molecule has 3 amide bonds. The number of alkyl halides is 3. The number of nitrogens with one attached hydrogen (secondary N) is 1. The number of hydrogen-bond acceptors (Lipinski definition) is 5. The highest BCUT2D eigenvalue weighted by Crippen LogP contribution is 2.34. The smallest absolute Gasteiger partial charge is 0.416 e. The van der Waals surface area contributed by atoms with Gasteiger partial charge in [0.05, 0.1) is 23.4 Å². The Kier molecular flexibility index (Phi) is 7.14. The molecule has 3 aromatic rings. The Bertz CT molecular complexity index is 1470. The van der Waals surface area contributed by atoms with Gasteiger partial charge >= 0.3 is 6.18 Å². The first-order valence-corrected chi connectivity index (χ1v) is 12.6. The highest BCUT2D eigenvalue weighted by atomic mass is 19.4. The van der Waals surface area contributed by atoms with Crippen molar-refractivity contribution in [2.24, 2.45) is 0 Å². The number of carbonyl (C=O) groups is 3. The molecule has 0 spiro atoms. The number of carbonyl (C=O) groups excluding carboxylic acids is 3. The molecule has 0 saturated carbocycles. The van der Waals surface area contributed by atoms with E-state index < -0.39 is 29.6 Å². The predicted molar refractivity (Wildman–Crippen MR) is 143 cm³/mol. The summed E-state index contributed by atoms with van der Waals surface area (Å²) in [4.78, 5) is 44.4. The van der Waals surface area contributed by atoms with Crippen molar-refractivity contribution in [1.29, 1.82) is 0 Å². The van der Waals surface area contributed by atoms with E-state index in [4.69, 9.17) is 4.74 Å². The average molecular weight is 553 g/mol. The summed E-state index contributed by atoms with van der Waals surface area (Å²) in [6.07, 6.45) is -4.50. The molecule has 0 aliphatic carbocycles. The fourth-order valence-corrected chi connectivity index (χ4v) is 4.82. The lowest BCUT2D eigenvalue weighted by molar-refractivity contribution is -0.138. The molecule has 1 saturated heterocycles. The Hall–Kier alpha value is -4.54. The topological polar surface area (TPSA) is 82.2 Å². The van der Waals surface area contributed by atoms with Crippen LogP contribution in [0.2, 0.25) is 0 Å². The molecule has 1 fully saturated rings. The molecular formula is C29H27F3N4O4. The van der Waals surface area contributed by atoms with E-state index in [9.17, 15) is 27.6 Å². The molecule has 40 heavy (non-hydrogen) atoms. The fraction of sp³-hybridized carbons (Fsp3) is 0.276. The summed E-state index contributed by atoms with van der Waals surface area (Å²) in [5.41, 5.74) is 1.27. The van der Waals surface area contributed by atoms with E-state index in [2.05, 4.69) is 5.32 Å². The summed E-state index contributed by atoms with van der Waals surface area (Å²) < 4.78 is 45.4. The normalized spacial score (nSPS) is 17.0. The van der Waals surface area contributed by atoms with E-state index in [0.29, 0.717) is 16.9 Å². The highest BCUT2D eigenvalue weighted by molar-refractivity contribution is 6.10. The lowest BCUT2D eigenvalue weighted by atomic mass is 9.99. The second-order valence-electron chi connectivity index (χ2n) is 9.86. The lowest BCUT2D eigenvalue weighted by Gasteiger charge is -2.39. The van der Waals surface area contributed by atoms with E-state index in [-0.39, 0.29) is 43.4 Å². The number of benzene rings is 3. The van der Waals surface area contributed by atoms with Gasteiger partial charge in [0.1, 0.15) is 11.8 Å². The minimum absolute atomic E-state index is 0.00796. The molecule has 2 aliphatic rings. The van der Waals surface area contributed by atoms with Gasteiger partial charge in [-0.05, 0) is 47.5 Å². The Labute approximate surface area is 228 Å². The van der Waals surface area contributed by atoms with Crippen LogP contribution in [0.3, 0.4) is 0 Å². The third-order valence-corrected chi connectivity index (χ3v) is 7.02. The number of piperazine rings is 1. The summed E-state index contributed by atoms with van der Waals surface area (Å²) in [7, 11) is 3.79. The molecule has 2 aliphatic heterocycles. The van der Waals surface area contributed by atoms with Crippen LogP contribution in [0.4, 0.5) is 24.5 Å². The van der Waals surface area contributed by atoms with Crippen molar-refractivity contribution in [3.63, 3.8) is 0 Å². The maximum Gasteiger partial charge on any atom is 0.416 e. The molecule has 0 aromatic heterocycles. The second kappa shape index (κ2) is 10.6. The zero-order chi connectivity index (χ0) is 28.6. The van der Waals surface area contributed by atoms with Gasteiger partial charge in [0.25, 0.3) is 11.8 Å². The monoisotopic (exact) mass is 552 g/mol. The molecule has 2 heterocycles. The molecule has 11 heteroatoms. The van der Waals surface area contributed by atoms with E-state index in [0.717, 1.165) is 17.8 Å². The van der Waals surface area contributed by atoms with E-state index >= 15 is 0 Å². The molecular weight excluding hydrogens is 525 g/mol. The summed E-state index contributed by atoms with van der Waals surface area (Å²) in [5.74, 6) is -0.664. The zero-order valence-corrected chi connectivity index (χ0v) is 21.9. The Morgan fingerprint density at radius 2 is 1.75 bits per heavy atom. The molecule has 8 nitrogen and oxygen atoms in total. The maximum absolute atomic E-state index is 13.5. The van der Waals surface area contributed by atoms with Gasteiger partial charge in [-0.2, -0.15) is 13.2 Å². The average Bonchev–Trinajstić information content (AvgIpc) is 3.04. The van der Waals surface area contributed by atoms with Gasteiger partial charge in [-0.1, -0.05) is 24.3 Å². The van der Waals surface area contributed by atoms with Crippen molar-refractivity contribution in [2.45, 2.75) is 12.2 Å². The van der Waals surface area contributed by atoms with Crippen molar-refractivity contribution in [3.05, 3.63) is 77.9 Å². The van der Waals surface area contributed by atoms with Gasteiger partial charge in [-0.15, -0.1) is 0 Å². The first-order valence-electron chi connectivity index (χ1n) is 12.6. The molecule has 1 atom stereocenters. The van der Waals surface area contributed by atoms with Crippen LogP contribution in [0.1, 0.15) is 15.9 Å². The molecule has 1 N–H and O–H groups in total. The van der Waals surface area contributed by atoms with E-state index in [1.807, 2.05) is 37.2 Å². The Morgan fingerprint density at radius 1 is 1.00 bits per heavy atom. The lowest BCUT2D eigenvalue weighted by Crippen LogP contribution is -2.60. The largest absolute Gasteiger partial charge is 0.484 e. The minimum Gasteiger partial charge on any atom is -0.484 e. The summed E-state index contributed by atoms with van der Waals surface area (Å²) >= 11 is 0. The summed E-state index contributed by atoms with van der Waals surface area (Å²) in [6, 6.07) is 15.8. The van der Waals surface area contributed by atoms with Crippen molar-refractivity contribution < 1.29 is 32.3 Å². The standard InChI is InChI=1S/C29H27F3N4O4/c1-34(2)21-7-4-8-22(15-21)40-17-26(37)35-11-12-36-25(16-35)27(38)33-24-10-9-19(14-23(24)28(36)39)18-5-3-6-20(13-18)29(30,31)32/h3-10,13-15,25H,11-12,16-17H2,1-2H3,(H,33,38). The molecule has 3 aromatic carbocycles. The Morgan fingerprint density at radius 3 is 2.50 bits per heavy atom. The number of nitrogens with zero attached hydrogens (tertiary/aromatic N) is 3. The predicted octanol–water partition coefficient (Wildman–Crippen LogP) is 4.12. The van der Waals surface area contributed by atoms with Crippen LogP contribution in [0.25, 0.3) is 11.1 Å². The number of anilines is 2. The fourth-order valence-electron chi connectivity index (χ4n) is 4.82. The van der Waals surface area contributed by atoms with E-state index in [1.165, 1.54) is 34.1 Å². The number of hydrogen-bond donors (Lipinski definition) is 1. The molecule has 0 bridgehead atoms. The van der Waals surface area contributed by atoms with Gasteiger partial charge in [0.2, 0.25) is 5.91 Å². The van der Waals surface area contributed by atoms with Crippen LogP contribution < -0.4 is 15.0 Å². The molecule has 0 radical (unpaired) electrons. The quantitative estimate of drug-likeness (QED) is 0.515. The number of fused-ring (bicyclic) bond motifs is 2. The van der Waals surface area contributed by atoms with Crippen LogP contribution in [-0.4, -0.2) is 73.9 Å². The SMILES string of the molecule is CN(C)c1cccc(OCC(=O)N2CCN3C(=O)c4cc(-c5cccc(C(F)(F)F)c5)ccc4NC(=O)C3C2)c1. The van der Waals surface area contributed by atoms with Crippen molar-refractivity contribution >= 4 is 29.1 Å². The second-order valence-corrected chi connectivity index (χ2v) is 9.86. The van der Waals surface area contributed by atoms with Crippen LogP contribution >= 0.6 is 0 Å². The minimum atomic E-state index is -4.50. The number of rotatable bonds is 5.